The van der Waals surface area contributed by atoms with Crippen LogP contribution in [0.1, 0.15) is 16.7 Å². The first kappa shape index (κ1) is 15.1. The van der Waals surface area contributed by atoms with Gasteiger partial charge in [0.15, 0.2) is 0 Å². The highest BCUT2D eigenvalue weighted by Gasteiger charge is 2.38. The maximum atomic E-state index is 12.8. The second-order valence-electron chi connectivity index (χ2n) is 4.72. The van der Waals surface area contributed by atoms with Crippen molar-refractivity contribution < 1.29 is 31.4 Å². The molecule has 8 heteroatoms. The normalized spacial score (nSPS) is 18.1. The van der Waals surface area contributed by atoms with Gasteiger partial charge in [-0.2, -0.15) is 26.3 Å². The number of halogens is 6. The van der Waals surface area contributed by atoms with E-state index in [1.54, 1.807) is 0 Å². The molecule has 0 atom stereocenters. The second kappa shape index (κ2) is 4.92. The highest BCUT2D eigenvalue weighted by molar-refractivity contribution is 5.35. The number of rotatable bonds is 2. The lowest BCUT2D eigenvalue weighted by atomic mass is 10.0. The lowest BCUT2D eigenvalue weighted by molar-refractivity contribution is -0.142. The van der Waals surface area contributed by atoms with Gasteiger partial charge in [0.25, 0.3) is 0 Å². The minimum Gasteiger partial charge on any atom is -0.390 e. The summed E-state index contributed by atoms with van der Waals surface area (Å²) >= 11 is 0. The summed E-state index contributed by atoms with van der Waals surface area (Å²) in [5.41, 5.74) is -2.62. The van der Waals surface area contributed by atoms with Crippen LogP contribution in [0.4, 0.5) is 26.3 Å². The zero-order valence-corrected chi connectivity index (χ0v) is 10.1. The Kier molecular flexibility index (Phi) is 3.72. The van der Waals surface area contributed by atoms with Crippen LogP contribution in [0.5, 0.6) is 0 Å². The van der Waals surface area contributed by atoms with Gasteiger partial charge in [0.2, 0.25) is 0 Å². The van der Waals surface area contributed by atoms with E-state index in [0.29, 0.717) is 18.2 Å². The summed E-state index contributed by atoms with van der Waals surface area (Å²) in [4.78, 5) is 1.45. The fourth-order valence-electron chi connectivity index (χ4n) is 2.09. The van der Waals surface area contributed by atoms with Gasteiger partial charge in [0.05, 0.1) is 17.2 Å². The van der Waals surface area contributed by atoms with Crippen LogP contribution < -0.4 is 0 Å². The fraction of sp³-hybridized carbons (Fsp3) is 0.500. The van der Waals surface area contributed by atoms with Gasteiger partial charge in [-0.15, -0.1) is 0 Å². The first-order chi connectivity index (χ1) is 9.07. The van der Waals surface area contributed by atoms with Crippen LogP contribution in [0, 0.1) is 0 Å². The molecule has 1 heterocycles. The Hall–Kier alpha value is -1.28. The van der Waals surface area contributed by atoms with Crippen molar-refractivity contribution in [1.29, 1.82) is 0 Å². The Morgan fingerprint density at radius 1 is 1.05 bits per heavy atom. The minimum atomic E-state index is -4.71. The molecule has 1 fully saturated rings. The zero-order valence-electron chi connectivity index (χ0n) is 10.1. The van der Waals surface area contributed by atoms with Crippen molar-refractivity contribution in [3.05, 3.63) is 34.9 Å². The van der Waals surface area contributed by atoms with Crippen LogP contribution in [-0.2, 0) is 18.9 Å². The Bertz CT molecular complexity index is 490. The maximum absolute atomic E-state index is 12.8. The molecule has 0 aliphatic carbocycles. The molecule has 2 rings (SSSR count). The largest absolute Gasteiger partial charge is 0.416 e. The van der Waals surface area contributed by atoms with Gasteiger partial charge < -0.3 is 5.11 Å². The average molecular weight is 299 g/mol. The summed E-state index contributed by atoms with van der Waals surface area (Å²) in [5, 5.41) is 9.07. The number of aliphatic hydroxyl groups excluding tert-OH is 1. The lowest BCUT2D eigenvalue weighted by Crippen LogP contribution is -2.50. The Morgan fingerprint density at radius 3 is 2.10 bits per heavy atom. The molecule has 1 aliphatic rings. The van der Waals surface area contributed by atoms with Crippen LogP contribution in [-0.4, -0.2) is 29.2 Å². The third-order valence-corrected chi connectivity index (χ3v) is 3.07. The molecule has 0 aromatic heterocycles. The van der Waals surface area contributed by atoms with Crippen molar-refractivity contribution in [2.45, 2.75) is 25.0 Å². The van der Waals surface area contributed by atoms with Crippen molar-refractivity contribution >= 4 is 0 Å². The number of hydrogen-bond donors (Lipinski definition) is 1. The molecule has 1 aliphatic heterocycles. The summed E-state index contributed by atoms with van der Waals surface area (Å²) in [7, 11) is 0. The van der Waals surface area contributed by atoms with E-state index >= 15 is 0 Å². The highest BCUT2D eigenvalue weighted by atomic mass is 19.4. The van der Waals surface area contributed by atoms with Crippen LogP contribution in [0.15, 0.2) is 18.2 Å². The van der Waals surface area contributed by atoms with E-state index in [4.69, 9.17) is 5.11 Å². The van der Waals surface area contributed by atoms with Gasteiger partial charge in [0.1, 0.15) is 0 Å². The highest BCUT2D eigenvalue weighted by Crippen LogP contribution is 2.37. The second-order valence-corrected chi connectivity index (χ2v) is 4.72. The molecule has 0 unspecified atom stereocenters. The van der Waals surface area contributed by atoms with Crippen LogP contribution in [0.3, 0.4) is 0 Å². The zero-order chi connectivity index (χ0) is 15.1. The van der Waals surface area contributed by atoms with Crippen molar-refractivity contribution in [2.24, 2.45) is 0 Å². The first-order valence-corrected chi connectivity index (χ1v) is 5.75. The summed E-state index contributed by atoms with van der Waals surface area (Å²) in [6, 6.07) is 1.40. The monoisotopic (exact) mass is 299 g/mol. The van der Waals surface area contributed by atoms with E-state index in [9.17, 15) is 26.3 Å². The van der Waals surface area contributed by atoms with Gasteiger partial charge in [-0.25, -0.2) is 0 Å². The van der Waals surface area contributed by atoms with E-state index in [-0.39, 0.29) is 19.6 Å². The van der Waals surface area contributed by atoms with E-state index in [1.165, 1.54) is 4.90 Å². The molecule has 0 spiro atoms. The van der Waals surface area contributed by atoms with Crippen molar-refractivity contribution in [2.75, 3.05) is 13.1 Å². The first-order valence-electron chi connectivity index (χ1n) is 5.75. The fourth-order valence-corrected chi connectivity index (χ4v) is 2.09. The third-order valence-electron chi connectivity index (χ3n) is 3.07. The van der Waals surface area contributed by atoms with Crippen molar-refractivity contribution in [3.8, 4) is 0 Å². The molecule has 0 radical (unpaired) electrons. The molecule has 1 aromatic carbocycles. The topological polar surface area (TPSA) is 23.5 Å². The number of likely N-dealkylation sites (tertiary alicyclic amines) is 1. The van der Waals surface area contributed by atoms with Crippen LogP contribution in [0.25, 0.3) is 0 Å². The summed E-state index contributed by atoms with van der Waals surface area (Å²) in [6.45, 7) is 0.0525. The van der Waals surface area contributed by atoms with Gasteiger partial charge in [-0.05, 0) is 23.8 Å². The number of β-amino-alcohol motifs (C(OH)–C–C–N with tert-alkyl or cyclic N) is 1. The van der Waals surface area contributed by atoms with E-state index in [1.807, 2.05) is 0 Å². The molecule has 112 valence electrons. The van der Waals surface area contributed by atoms with E-state index < -0.39 is 35.1 Å². The van der Waals surface area contributed by atoms with Gasteiger partial charge in [-0.3, -0.25) is 4.90 Å². The molecular formula is C12H11F6NO. The molecule has 1 aromatic rings. The summed E-state index contributed by atoms with van der Waals surface area (Å²) < 4.78 is 76.0. The van der Waals surface area contributed by atoms with Gasteiger partial charge in [0, 0.05) is 19.6 Å². The Balaban J connectivity index is 2.33. The smallest absolute Gasteiger partial charge is 0.390 e. The van der Waals surface area contributed by atoms with E-state index in [0.717, 1.165) is 0 Å². The predicted molar refractivity (Wildman–Crippen MR) is 57.7 cm³/mol. The van der Waals surface area contributed by atoms with Crippen LogP contribution >= 0.6 is 0 Å². The molecule has 2 nitrogen and oxygen atoms in total. The van der Waals surface area contributed by atoms with Crippen molar-refractivity contribution in [1.82, 2.24) is 4.90 Å². The molecule has 0 bridgehead atoms. The third kappa shape index (κ3) is 3.24. The summed E-state index contributed by atoms with van der Waals surface area (Å²) in [5.74, 6) is 0. The van der Waals surface area contributed by atoms with Crippen molar-refractivity contribution in [3.63, 3.8) is 0 Å². The number of aliphatic hydroxyl groups is 1. The number of benzene rings is 1. The van der Waals surface area contributed by atoms with Gasteiger partial charge >= 0.3 is 12.4 Å². The molecule has 1 N–H and O–H groups in total. The maximum Gasteiger partial charge on any atom is 0.416 e. The SMILES string of the molecule is OC1CN(Cc2cc(C(F)(F)F)ccc2C(F)(F)F)C1. The minimum absolute atomic E-state index is 0.160. The predicted octanol–water partition coefficient (Wildman–Crippen LogP) is 2.90. The molecule has 0 saturated carbocycles. The quantitative estimate of drug-likeness (QED) is 0.849. The summed E-state index contributed by atoms with van der Waals surface area (Å²) in [6.07, 6.45) is -10.0. The molecule has 1 saturated heterocycles. The standard InChI is InChI=1S/C12H11F6NO/c13-11(14,15)8-1-2-10(12(16,17)18)7(3-8)4-19-5-9(20)6-19/h1-3,9,20H,4-6H2. The average Bonchev–Trinajstić information content (AvgIpc) is 2.24. The van der Waals surface area contributed by atoms with E-state index in [2.05, 4.69) is 0 Å². The number of nitrogens with zero attached hydrogens (tertiary/aromatic N) is 1. The molecular weight excluding hydrogens is 288 g/mol. The van der Waals surface area contributed by atoms with Gasteiger partial charge in [-0.1, -0.05) is 0 Å². The number of hydrogen-bond acceptors (Lipinski definition) is 2. The molecule has 20 heavy (non-hydrogen) atoms. The van der Waals surface area contributed by atoms with Crippen LogP contribution in [0.2, 0.25) is 0 Å². The molecule has 0 amide bonds. The Morgan fingerprint density at radius 2 is 1.65 bits per heavy atom. The number of alkyl halides is 6. The Labute approximate surface area is 110 Å². The lowest BCUT2D eigenvalue weighted by Gasteiger charge is -2.36.